The maximum absolute atomic E-state index is 11.3. The van der Waals surface area contributed by atoms with Crippen molar-refractivity contribution < 1.29 is 4.79 Å². The van der Waals surface area contributed by atoms with E-state index < -0.39 is 0 Å². The summed E-state index contributed by atoms with van der Waals surface area (Å²) in [5, 5.41) is 1.10. The van der Waals surface area contributed by atoms with Crippen molar-refractivity contribution in [1.29, 1.82) is 0 Å². The lowest BCUT2D eigenvalue weighted by Gasteiger charge is -2.37. The lowest BCUT2D eigenvalue weighted by atomic mass is 9.75. The second kappa shape index (κ2) is 6.53. The summed E-state index contributed by atoms with van der Waals surface area (Å²) < 4.78 is 0. The molecule has 0 spiro atoms. The zero-order valence-corrected chi connectivity index (χ0v) is 15.4. The van der Waals surface area contributed by atoms with Crippen LogP contribution < -0.4 is 11.5 Å². The number of aromatic nitrogens is 2. The van der Waals surface area contributed by atoms with Crippen molar-refractivity contribution in [2.75, 3.05) is 19.3 Å². The van der Waals surface area contributed by atoms with Crippen LogP contribution in [0, 0.1) is 5.92 Å². The van der Waals surface area contributed by atoms with Gasteiger partial charge >= 0.3 is 0 Å². The van der Waals surface area contributed by atoms with Crippen LogP contribution in [0.15, 0.2) is 6.33 Å². The smallest absolute Gasteiger partial charge is 0.231 e. The molecule has 6 nitrogen and oxygen atoms in total. The highest BCUT2D eigenvalue weighted by molar-refractivity contribution is 7.19. The van der Waals surface area contributed by atoms with Gasteiger partial charge in [-0.15, -0.1) is 11.3 Å². The highest BCUT2D eigenvalue weighted by atomic mass is 32.1. The van der Waals surface area contributed by atoms with Crippen LogP contribution in [-0.4, -0.2) is 40.4 Å². The summed E-state index contributed by atoms with van der Waals surface area (Å²) in [6.45, 7) is 0.343. The highest BCUT2D eigenvalue weighted by Gasteiger charge is 2.37. The molecule has 4 rings (SSSR count). The Kier molecular flexibility index (Phi) is 4.37. The molecule has 2 aromatic heterocycles. The third-order valence-corrected chi connectivity index (χ3v) is 7.14. The third kappa shape index (κ3) is 3.00. The van der Waals surface area contributed by atoms with Gasteiger partial charge in [0.2, 0.25) is 5.91 Å². The van der Waals surface area contributed by atoms with Gasteiger partial charge in [0.1, 0.15) is 17.0 Å². The number of likely N-dealkylation sites (N-methyl/N-ethyl adjacent to an activating group) is 1. The molecule has 134 valence electrons. The number of carbonyl (C=O) groups is 1. The molecule has 2 aliphatic carbocycles. The Hall–Kier alpha value is -1.73. The van der Waals surface area contributed by atoms with Crippen molar-refractivity contribution in [3.05, 3.63) is 16.8 Å². The number of hydrogen-bond donors (Lipinski definition) is 2. The Balaban J connectivity index is 1.60. The van der Waals surface area contributed by atoms with Crippen LogP contribution >= 0.6 is 11.3 Å². The SMILES string of the molecule is CN(CC(N)=O)[C@H]1CCCC(C2CCc3sc4ncnc(N)c4c32)C1. The van der Waals surface area contributed by atoms with E-state index in [-0.39, 0.29) is 5.91 Å². The Morgan fingerprint density at radius 2 is 2.20 bits per heavy atom. The molecule has 0 aromatic carbocycles. The Morgan fingerprint density at radius 1 is 1.36 bits per heavy atom. The van der Waals surface area contributed by atoms with E-state index in [4.69, 9.17) is 11.5 Å². The molecule has 7 heteroatoms. The third-order valence-electron chi connectivity index (χ3n) is 5.97. The number of rotatable bonds is 4. The van der Waals surface area contributed by atoms with Crippen LogP contribution in [-0.2, 0) is 11.2 Å². The van der Waals surface area contributed by atoms with Gasteiger partial charge in [0.05, 0.1) is 11.9 Å². The molecule has 2 heterocycles. The molecule has 4 N–H and O–H groups in total. The monoisotopic (exact) mass is 359 g/mol. The number of amides is 1. The first-order valence-electron chi connectivity index (χ1n) is 9.05. The van der Waals surface area contributed by atoms with Gasteiger partial charge in [-0.2, -0.15) is 0 Å². The predicted octanol–water partition coefficient (Wildman–Crippen LogP) is 2.28. The van der Waals surface area contributed by atoms with Gasteiger partial charge in [0, 0.05) is 10.9 Å². The first-order valence-corrected chi connectivity index (χ1v) is 9.86. The van der Waals surface area contributed by atoms with E-state index in [1.165, 1.54) is 29.7 Å². The lowest BCUT2D eigenvalue weighted by molar-refractivity contribution is -0.119. The van der Waals surface area contributed by atoms with Crippen LogP contribution in [0.5, 0.6) is 0 Å². The van der Waals surface area contributed by atoms with Crippen LogP contribution in [0.1, 0.15) is 48.5 Å². The van der Waals surface area contributed by atoms with Gasteiger partial charge in [-0.3, -0.25) is 9.69 Å². The van der Waals surface area contributed by atoms with Gasteiger partial charge in [0.25, 0.3) is 0 Å². The molecule has 0 bridgehead atoms. The van der Waals surface area contributed by atoms with Gasteiger partial charge in [-0.05, 0) is 56.6 Å². The van der Waals surface area contributed by atoms with Gasteiger partial charge in [-0.25, -0.2) is 9.97 Å². The zero-order chi connectivity index (χ0) is 17.6. The molecule has 3 atom stereocenters. The fourth-order valence-electron chi connectivity index (χ4n) is 4.85. The predicted molar refractivity (Wildman–Crippen MR) is 100 cm³/mol. The fourth-order valence-corrected chi connectivity index (χ4v) is 6.08. The molecule has 1 amide bonds. The number of hydrogen-bond acceptors (Lipinski definition) is 6. The number of thiophene rings is 1. The second-order valence-corrected chi connectivity index (χ2v) is 8.57. The second-order valence-electron chi connectivity index (χ2n) is 7.49. The Labute approximate surface area is 151 Å². The average molecular weight is 359 g/mol. The van der Waals surface area contributed by atoms with Crippen molar-refractivity contribution >= 4 is 33.3 Å². The number of nitrogens with two attached hydrogens (primary N) is 2. The summed E-state index contributed by atoms with van der Waals surface area (Å²) in [6.07, 6.45) is 8.61. The molecule has 1 saturated carbocycles. The van der Waals surface area contributed by atoms with E-state index in [1.54, 1.807) is 17.7 Å². The number of fused-ring (bicyclic) bond motifs is 3. The van der Waals surface area contributed by atoms with Gasteiger partial charge in [-0.1, -0.05) is 6.42 Å². The maximum atomic E-state index is 11.3. The molecule has 2 aromatic rings. The number of aryl methyl sites for hydroxylation is 1. The number of nitrogen functional groups attached to an aromatic ring is 1. The average Bonchev–Trinajstić information content (AvgIpc) is 3.13. The number of carbonyl (C=O) groups excluding carboxylic acids is 1. The van der Waals surface area contributed by atoms with E-state index in [0.717, 1.165) is 29.5 Å². The van der Waals surface area contributed by atoms with Crippen molar-refractivity contribution in [3.63, 3.8) is 0 Å². The molecule has 25 heavy (non-hydrogen) atoms. The summed E-state index contributed by atoms with van der Waals surface area (Å²) in [4.78, 5) is 24.5. The largest absolute Gasteiger partial charge is 0.383 e. The van der Waals surface area contributed by atoms with Crippen molar-refractivity contribution in [2.24, 2.45) is 11.7 Å². The Morgan fingerprint density at radius 3 is 3.00 bits per heavy atom. The van der Waals surface area contributed by atoms with Gasteiger partial charge in [0.15, 0.2) is 0 Å². The summed E-state index contributed by atoms with van der Waals surface area (Å²) in [5.74, 6) is 1.55. The van der Waals surface area contributed by atoms with Crippen LogP contribution in [0.3, 0.4) is 0 Å². The van der Waals surface area contributed by atoms with E-state index in [0.29, 0.717) is 30.2 Å². The normalized spacial score (nSPS) is 26.2. The van der Waals surface area contributed by atoms with E-state index >= 15 is 0 Å². The van der Waals surface area contributed by atoms with Gasteiger partial charge < -0.3 is 11.5 Å². The quantitative estimate of drug-likeness (QED) is 0.873. The number of primary amides is 1. The number of anilines is 1. The highest BCUT2D eigenvalue weighted by Crippen LogP contribution is 2.50. The topological polar surface area (TPSA) is 98.1 Å². The molecular formula is C18H25N5OS. The minimum atomic E-state index is -0.249. The molecule has 2 aliphatic rings. The summed E-state index contributed by atoms with van der Waals surface area (Å²) >= 11 is 1.78. The first-order chi connectivity index (χ1) is 12.0. The van der Waals surface area contributed by atoms with E-state index in [2.05, 4.69) is 14.9 Å². The molecule has 1 fully saturated rings. The molecule has 0 saturated heterocycles. The van der Waals surface area contributed by atoms with Crippen molar-refractivity contribution in [2.45, 2.75) is 50.5 Å². The van der Waals surface area contributed by atoms with Crippen LogP contribution in [0.2, 0.25) is 0 Å². The summed E-state index contributed by atoms with van der Waals surface area (Å²) in [6, 6.07) is 0.439. The molecule has 0 radical (unpaired) electrons. The minimum absolute atomic E-state index is 0.249. The first kappa shape index (κ1) is 16.7. The van der Waals surface area contributed by atoms with Crippen molar-refractivity contribution in [3.8, 4) is 0 Å². The fraction of sp³-hybridized carbons (Fsp3) is 0.611. The molecule has 0 aliphatic heterocycles. The maximum Gasteiger partial charge on any atom is 0.231 e. The minimum Gasteiger partial charge on any atom is -0.383 e. The zero-order valence-electron chi connectivity index (χ0n) is 14.6. The Bertz CT molecular complexity index is 804. The summed E-state index contributed by atoms with van der Waals surface area (Å²) in [5.41, 5.74) is 13.0. The molecule has 2 unspecified atom stereocenters. The number of nitrogens with zero attached hydrogens (tertiary/aromatic N) is 3. The van der Waals surface area contributed by atoms with Crippen LogP contribution in [0.4, 0.5) is 5.82 Å². The van der Waals surface area contributed by atoms with E-state index in [1.807, 2.05) is 7.05 Å². The van der Waals surface area contributed by atoms with Crippen molar-refractivity contribution in [1.82, 2.24) is 14.9 Å². The lowest BCUT2D eigenvalue weighted by Crippen LogP contribution is -2.41. The van der Waals surface area contributed by atoms with Crippen LogP contribution in [0.25, 0.3) is 10.2 Å². The van der Waals surface area contributed by atoms with E-state index in [9.17, 15) is 4.79 Å². The molecular weight excluding hydrogens is 334 g/mol. The standard InChI is InChI=1S/C18H25N5OS/c1-23(8-14(19)24)11-4-2-3-10(7-11)12-5-6-13-15(12)16-17(20)21-9-22-18(16)25-13/h9-12H,2-8H2,1H3,(H2,19,24)(H2,20,21,22)/t10?,11-,12?/m0/s1. The summed E-state index contributed by atoms with van der Waals surface area (Å²) in [7, 11) is 2.02.